The molecule has 3 aromatic rings. The maximum Gasteiger partial charge on any atom is 0.205 e. The first-order valence-corrected chi connectivity index (χ1v) is 11.6. The summed E-state index contributed by atoms with van der Waals surface area (Å²) < 4.78 is 6.62. The molecule has 1 N–H and O–H groups in total. The van der Waals surface area contributed by atoms with E-state index in [2.05, 4.69) is 70.2 Å². The molecule has 0 radical (unpaired) electrons. The van der Waals surface area contributed by atoms with Gasteiger partial charge in [-0.05, 0) is 5.56 Å². The molecule has 1 aliphatic heterocycles. The van der Waals surface area contributed by atoms with E-state index in [4.69, 9.17) is 0 Å². The highest BCUT2D eigenvalue weighted by atomic mass is 127. The topological polar surface area (TPSA) is 74.5 Å². The number of guanidine groups is 1. The van der Waals surface area contributed by atoms with Crippen LogP contribution in [-0.2, 0) is 19.4 Å². The largest absolute Gasteiger partial charge is 0.356 e. The van der Waals surface area contributed by atoms with Crippen molar-refractivity contribution in [2.24, 2.45) is 4.99 Å². The number of aliphatic imine (C=N–C) groups is 1. The van der Waals surface area contributed by atoms with Gasteiger partial charge in [-0.1, -0.05) is 37.3 Å². The smallest absolute Gasteiger partial charge is 0.205 e. The van der Waals surface area contributed by atoms with E-state index in [1.807, 2.05) is 25.5 Å². The predicted octanol–water partition coefficient (Wildman–Crippen LogP) is 2.90. The number of halogens is 1. The molecule has 2 aromatic heterocycles. The zero-order chi connectivity index (χ0) is 21.5. The maximum absolute atomic E-state index is 4.62. The molecular formula is C22H31IN8S. The first kappa shape index (κ1) is 24.4. The Bertz CT molecular complexity index is 979. The lowest BCUT2D eigenvalue weighted by Gasteiger charge is -2.36. The number of hydrogen-bond acceptors (Lipinski definition) is 6. The highest BCUT2D eigenvalue weighted by Gasteiger charge is 2.22. The Labute approximate surface area is 211 Å². The fraction of sp³-hybridized carbons (Fsp3) is 0.455. The molecule has 3 heterocycles. The number of nitrogens with zero attached hydrogens (tertiary/aromatic N) is 7. The number of benzene rings is 1. The van der Waals surface area contributed by atoms with Crippen LogP contribution in [-0.4, -0.2) is 69.5 Å². The second-order valence-electron chi connectivity index (χ2n) is 7.50. The zero-order valence-electron chi connectivity index (χ0n) is 18.6. The van der Waals surface area contributed by atoms with Crippen molar-refractivity contribution in [1.82, 2.24) is 29.1 Å². The van der Waals surface area contributed by atoms with Gasteiger partial charge < -0.3 is 19.7 Å². The highest BCUT2D eigenvalue weighted by Crippen LogP contribution is 2.19. The third-order valence-corrected chi connectivity index (χ3v) is 6.28. The lowest BCUT2D eigenvalue weighted by molar-refractivity contribution is 0.372. The summed E-state index contributed by atoms with van der Waals surface area (Å²) in [5.74, 6) is 2.97. The molecule has 0 saturated carbocycles. The van der Waals surface area contributed by atoms with Gasteiger partial charge in [0.1, 0.15) is 11.6 Å². The van der Waals surface area contributed by atoms with E-state index in [-0.39, 0.29) is 24.0 Å². The van der Waals surface area contributed by atoms with Crippen molar-refractivity contribution in [3.05, 3.63) is 59.9 Å². The van der Waals surface area contributed by atoms with Crippen LogP contribution >= 0.6 is 35.5 Å². The zero-order valence-corrected chi connectivity index (χ0v) is 21.8. The van der Waals surface area contributed by atoms with Crippen LogP contribution in [0, 0.1) is 0 Å². The summed E-state index contributed by atoms with van der Waals surface area (Å²) in [5.41, 5.74) is 1.28. The third kappa shape index (κ3) is 6.18. The monoisotopic (exact) mass is 566 g/mol. The van der Waals surface area contributed by atoms with Crippen LogP contribution < -0.4 is 10.2 Å². The van der Waals surface area contributed by atoms with Gasteiger partial charge in [0.15, 0.2) is 5.96 Å². The Morgan fingerprint density at radius 3 is 2.62 bits per heavy atom. The summed E-state index contributed by atoms with van der Waals surface area (Å²) >= 11 is 1.50. The first-order valence-electron chi connectivity index (χ1n) is 10.8. The van der Waals surface area contributed by atoms with Crippen LogP contribution in [0.15, 0.2) is 47.7 Å². The molecule has 1 aliphatic rings. The molecule has 1 saturated heterocycles. The summed E-state index contributed by atoms with van der Waals surface area (Å²) in [4.78, 5) is 18.3. The Morgan fingerprint density at radius 1 is 1.16 bits per heavy atom. The van der Waals surface area contributed by atoms with Gasteiger partial charge in [0.2, 0.25) is 5.13 Å². The van der Waals surface area contributed by atoms with Gasteiger partial charge in [-0.15, -0.1) is 24.0 Å². The van der Waals surface area contributed by atoms with Crippen molar-refractivity contribution in [1.29, 1.82) is 0 Å². The van der Waals surface area contributed by atoms with E-state index >= 15 is 0 Å². The Kier molecular flexibility index (Phi) is 9.27. The summed E-state index contributed by atoms with van der Waals surface area (Å²) in [6, 6.07) is 10.5. The molecule has 0 aliphatic carbocycles. The van der Waals surface area contributed by atoms with Crippen LogP contribution in [0.2, 0.25) is 0 Å². The van der Waals surface area contributed by atoms with Crippen molar-refractivity contribution in [2.75, 3.05) is 44.7 Å². The molecule has 1 aromatic carbocycles. The molecular weight excluding hydrogens is 535 g/mol. The Morgan fingerprint density at radius 2 is 1.94 bits per heavy atom. The molecule has 0 atom stereocenters. The number of aromatic nitrogens is 4. The van der Waals surface area contributed by atoms with Gasteiger partial charge in [-0.3, -0.25) is 4.99 Å². The van der Waals surface area contributed by atoms with Gasteiger partial charge in [-0.2, -0.15) is 4.37 Å². The summed E-state index contributed by atoms with van der Waals surface area (Å²) in [5, 5.41) is 4.55. The van der Waals surface area contributed by atoms with Crippen molar-refractivity contribution in [3.63, 3.8) is 0 Å². The van der Waals surface area contributed by atoms with Gasteiger partial charge in [-0.25, -0.2) is 9.97 Å². The fourth-order valence-corrected chi connectivity index (χ4v) is 4.54. The van der Waals surface area contributed by atoms with E-state index in [1.165, 1.54) is 17.1 Å². The minimum absolute atomic E-state index is 0. The fourth-order valence-electron chi connectivity index (χ4n) is 3.74. The average Bonchev–Trinajstić information content (AvgIpc) is 3.47. The second-order valence-corrected chi connectivity index (χ2v) is 8.23. The molecule has 8 nitrogen and oxygen atoms in total. The first-order chi connectivity index (χ1) is 15.3. The minimum atomic E-state index is 0. The predicted molar refractivity (Wildman–Crippen MR) is 141 cm³/mol. The molecule has 0 spiro atoms. The molecule has 172 valence electrons. The second kappa shape index (κ2) is 12.1. The van der Waals surface area contributed by atoms with Crippen LogP contribution in [0.5, 0.6) is 0 Å². The van der Waals surface area contributed by atoms with Crippen molar-refractivity contribution < 1.29 is 0 Å². The van der Waals surface area contributed by atoms with Gasteiger partial charge in [0.25, 0.3) is 0 Å². The Balaban J connectivity index is 0.00000289. The van der Waals surface area contributed by atoms with E-state index in [0.29, 0.717) is 0 Å². The number of hydrogen-bond donors (Lipinski definition) is 1. The van der Waals surface area contributed by atoms with E-state index in [0.717, 1.165) is 74.9 Å². The number of aryl methyl sites for hydroxylation is 1. The van der Waals surface area contributed by atoms with E-state index in [1.54, 1.807) is 0 Å². The molecule has 4 rings (SSSR count). The van der Waals surface area contributed by atoms with E-state index in [9.17, 15) is 0 Å². The summed E-state index contributed by atoms with van der Waals surface area (Å²) in [6.45, 7) is 7.44. The van der Waals surface area contributed by atoms with Crippen LogP contribution in [0.4, 0.5) is 5.13 Å². The van der Waals surface area contributed by atoms with Crippen molar-refractivity contribution >= 4 is 46.6 Å². The summed E-state index contributed by atoms with van der Waals surface area (Å²) in [7, 11) is 1.85. The van der Waals surface area contributed by atoms with Crippen LogP contribution in [0.3, 0.4) is 0 Å². The Hall–Kier alpha value is -2.21. The maximum atomic E-state index is 4.62. The average molecular weight is 567 g/mol. The third-order valence-electron chi connectivity index (χ3n) is 5.46. The van der Waals surface area contributed by atoms with Crippen LogP contribution in [0.1, 0.15) is 24.1 Å². The molecule has 32 heavy (non-hydrogen) atoms. The number of nitrogens with one attached hydrogen (secondary N) is 1. The lowest BCUT2D eigenvalue weighted by atomic mass is 10.2. The lowest BCUT2D eigenvalue weighted by Crippen LogP contribution is -2.52. The summed E-state index contributed by atoms with van der Waals surface area (Å²) in [6.07, 6.45) is 5.66. The molecule has 0 bridgehead atoms. The number of anilines is 1. The van der Waals surface area contributed by atoms with Crippen molar-refractivity contribution in [3.8, 4) is 0 Å². The quantitative estimate of drug-likeness (QED) is 0.270. The molecule has 0 amide bonds. The molecule has 0 unspecified atom stereocenters. The standard InChI is InChI=1S/C22H30N8S.HI/c1-3-19-26-22(31-27-19)29-15-13-28(14-16-29)21(23-2)25-10-9-20-24-11-12-30(20)17-18-7-5-4-6-8-18;/h4-8,11-12H,3,9-10,13-17H2,1-2H3,(H,23,25);1H. The van der Waals surface area contributed by atoms with Gasteiger partial charge in [0.05, 0.1) is 0 Å². The molecule has 1 fully saturated rings. The number of piperazine rings is 1. The number of rotatable bonds is 7. The molecule has 10 heteroatoms. The minimum Gasteiger partial charge on any atom is -0.356 e. The van der Waals surface area contributed by atoms with Gasteiger partial charge in [0, 0.05) is 83.1 Å². The number of imidazole rings is 1. The highest BCUT2D eigenvalue weighted by molar-refractivity contribution is 14.0. The van der Waals surface area contributed by atoms with Crippen molar-refractivity contribution in [2.45, 2.75) is 26.3 Å². The normalized spacial score (nSPS) is 14.4. The van der Waals surface area contributed by atoms with E-state index < -0.39 is 0 Å². The SMILES string of the molecule is CCc1nsc(N2CCN(C(=NC)NCCc3nccn3Cc3ccccc3)CC2)n1.I. The van der Waals surface area contributed by atoms with Gasteiger partial charge >= 0.3 is 0 Å². The van der Waals surface area contributed by atoms with Crippen LogP contribution in [0.25, 0.3) is 0 Å².